The summed E-state index contributed by atoms with van der Waals surface area (Å²) in [5.74, 6) is -0.302. The van der Waals surface area contributed by atoms with Crippen LogP contribution in [-0.2, 0) is 16.4 Å². The van der Waals surface area contributed by atoms with E-state index in [0.717, 1.165) is 5.56 Å². The fraction of sp³-hybridized carbons (Fsp3) is 0.278. The molecule has 2 aromatic rings. The van der Waals surface area contributed by atoms with Crippen LogP contribution in [0.5, 0.6) is 0 Å². The van der Waals surface area contributed by atoms with Crippen LogP contribution in [-0.4, -0.2) is 26.9 Å². The van der Waals surface area contributed by atoms with Crippen LogP contribution in [0.15, 0.2) is 59.5 Å². The quantitative estimate of drug-likeness (QED) is 0.843. The van der Waals surface area contributed by atoms with Crippen molar-refractivity contribution >= 4 is 15.9 Å². The van der Waals surface area contributed by atoms with Crippen molar-refractivity contribution in [2.45, 2.75) is 30.7 Å². The Morgan fingerprint density at radius 2 is 1.71 bits per heavy atom. The average molecular weight is 346 g/mol. The van der Waals surface area contributed by atoms with Gasteiger partial charge in [-0.1, -0.05) is 36.4 Å². The van der Waals surface area contributed by atoms with Gasteiger partial charge in [0.25, 0.3) is 5.91 Å². The number of sulfonamides is 1. The Hall–Kier alpha value is -2.18. The number of amides is 1. The van der Waals surface area contributed by atoms with E-state index >= 15 is 0 Å². The summed E-state index contributed by atoms with van der Waals surface area (Å²) in [6, 6.07) is 15.9. The Labute approximate surface area is 143 Å². The van der Waals surface area contributed by atoms with Crippen LogP contribution in [0.3, 0.4) is 0 Å². The van der Waals surface area contributed by atoms with Crippen molar-refractivity contribution in [2.75, 3.05) is 7.05 Å². The highest BCUT2D eigenvalue weighted by Gasteiger charge is 2.22. The summed E-state index contributed by atoms with van der Waals surface area (Å²) in [6.07, 6.45) is 0.675. The van der Waals surface area contributed by atoms with Crippen molar-refractivity contribution in [3.8, 4) is 0 Å². The Bertz CT molecular complexity index is 815. The van der Waals surface area contributed by atoms with Gasteiger partial charge < -0.3 is 5.32 Å². The normalized spacial score (nSPS) is 12.0. The minimum absolute atomic E-state index is 0.0681. The maximum Gasteiger partial charge on any atom is 0.251 e. The first-order chi connectivity index (χ1) is 11.2. The fourth-order valence-electron chi connectivity index (χ4n) is 2.45. The standard InChI is InChI=1S/C18H22N2O3S/c1-18(2,13-14-8-5-4-6-9-14)20-17(21)15-10-7-11-16(12-15)24(22,23)19-3/h4-12,19H,13H2,1-3H3,(H,20,21). The van der Waals surface area contributed by atoms with Crippen molar-refractivity contribution in [2.24, 2.45) is 0 Å². The lowest BCUT2D eigenvalue weighted by atomic mass is 9.94. The molecule has 0 radical (unpaired) electrons. The highest BCUT2D eigenvalue weighted by atomic mass is 32.2. The highest BCUT2D eigenvalue weighted by Crippen LogP contribution is 2.15. The van der Waals surface area contributed by atoms with Crippen LogP contribution in [0.4, 0.5) is 0 Å². The van der Waals surface area contributed by atoms with Gasteiger partial charge in [-0.15, -0.1) is 0 Å². The third-order valence-corrected chi connectivity index (χ3v) is 5.03. The summed E-state index contributed by atoms with van der Waals surface area (Å²) < 4.78 is 26.0. The lowest BCUT2D eigenvalue weighted by Gasteiger charge is -2.26. The first kappa shape index (κ1) is 18.2. The molecule has 0 fully saturated rings. The molecule has 6 heteroatoms. The molecule has 0 aliphatic carbocycles. The molecule has 1 amide bonds. The number of carbonyl (C=O) groups is 1. The van der Waals surface area contributed by atoms with E-state index in [-0.39, 0.29) is 10.8 Å². The first-order valence-electron chi connectivity index (χ1n) is 7.63. The number of hydrogen-bond donors (Lipinski definition) is 2. The lowest BCUT2D eigenvalue weighted by molar-refractivity contribution is 0.0913. The molecule has 0 bridgehead atoms. The first-order valence-corrected chi connectivity index (χ1v) is 9.12. The molecule has 2 rings (SSSR count). The van der Waals surface area contributed by atoms with Gasteiger partial charge in [-0.25, -0.2) is 13.1 Å². The SMILES string of the molecule is CNS(=O)(=O)c1cccc(C(=O)NC(C)(C)Cc2ccccc2)c1. The van der Waals surface area contributed by atoms with Gasteiger partial charge in [-0.05, 0) is 51.1 Å². The number of benzene rings is 2. The average Bonchev–Trinajstić information content (AvgIpc) is 2.55. The maximum atomic E-state index is 12.5. The second-order valence-electron chi connectivity index (χ2n) is 6.24. The van der Waals surface area contributed by atoms with Gasteiger partial charge >= 0.3 is 0 Å². The van der Waals surface area contributed by atoms with E-state index in [2.05, 4.69) is 10.0 Å². The van der Waals surface area contributed by atoms with Crippen molar-refractivity contribution in [1.29, 1.82) is 0 Å². The largest absolute Gasteiger partial charge is 0.347 e. The molecule has 0 heterocycles. The van der Waals surface area contributed by atoms with E-state index in [0.29, 0.717) is 12.0 Å². The van der Waals surface area contributed by atoms with Crippen molar-refractivity contribution < 1.29 is 13.2 Å². The minimum Gasteiger partial charge on any atom is -0.347 e. The summed E-state index contributed by atoms with van der Waals surface area (Å²) in [6.45, 7) is 3.87. The van der Waals surface area contributed by atoms with Gasteiger partial charge in [-0.2, -0.15) is 0 Å². The number of carbonyl (C=O) groups excluding carboxylic acids is 1. The number of nitrogens with one attached hydrogen (secondary N) is 2. The van der Waals surface area contributed by atoms with Crippen LogP contribution < -0.4 is 10.0 Å². The molecule has 2 N–H and O–H groups in total. The smallest absolute Gasteiger partial charge is 0.251 e. The molecule has 0 aromatic heterocycles. The van der Waals surface area contributed by atoms with E-state index in [1.807, 2.05) is 44.2 Å². The van der Waals surface area contributed by atoms with E-state index in [1.165, 1.54) is 19.2 Å². The van der Waals surface area contributed by atoms with E-state index in [4.69, 9.17) is 0 Å². The second kappa shape index (κ2) is 7.15. The third-order valence-electron chi connectivity index (χ3n) is 3.62. The van der Waals surface area contributed by atoms with Crippen molar-refractivity contribution in [3.63, 3.8) is 0 Å². The second-order valence-corrected chi connectivity index (χ2v) is 8.12. The molecule has 0 unspecified atom stereocenters. The Kier molecular flexibility index (Phi) is 5.41. The van der Waals surface area contributed by atoms with E-state index in [9.17, 15) is 13.2 Å². The topological polar surface area (TPSA) is 75.3 Å². The van der Waals surface area contributed by atoms with Crippen LogP contribution >= 0.6 is 0 Å². The van der Waals surface area contributed by atoms with Crippen molar-refractivity contribution in [1.82, 2.24) is 10.0 Å². The zero-order chi connectivity index (χ0) is 17.8. The number of hydrogen-bond acceptors (Lipinski definition) is 3. The van der Waals surface area contributed by atoms with Crippen LogP contribution in [0.1, 0.15) is 29.8 Å². The summed E-state index contributed by atoms with van der Waals surface area (Å²) in [5, 5.41) is 2.96. The molecule has 24 heavy (non-hydrogen) atoms. The molecule has 0 aliphatic heterocycles. The summed E-state index contributed by atoms with van der Waals surface area (Å²) in [5.41, 5.74) is 0.970. The van der Waals surface area contributed by atoms with Crippen LogP contribution in [0.25, 0.3) is 0 Å². The van der Waals surface area contributed by atoms with E-state index < -0.39 is 15.6 Å². The minimum atomic E-state index is -3.58. The lowest BCUT2D eigenvalue weighted by Crippen LogP contribution is -2.45. The third kappa shape index (κ3) is 4.66. The van der Waals surface area contributed by atoms with Gasteiger partial charge in [0.15, 0.2) is 0 Å². The van der Waals surface area contributed by atoms with Gasteiger partial charge in [-0.3, -0.25) is 4.79 Å². The number of rotatable bonds is 6. The molecule has 0 aliphatic rings. The van der Waals surface area contributed by atoms with Gasteiger partial charge in [0, 0.05) is 11.1 Å². The highest BCUT2D eigenvalue weighted by molar-refractivity contribution is 7.89. The zero-order valence-electron chi connectivity index (χ0n) is 14.0. The van der Waals surface area contributed by atoms with Crippen LogP contribution in [0.2, 0.25) is 0 Å². The molecular formula is C18H22N2O3S. The Balaban J connectivity index is 2.16. The molecule has 128 valence electrons. The molecular weight excluding hydrogens is 324 g/mol. The molecule has 0 saturated heterocycles. The van der Waals surface area contributed by atoms with Gasteiger partial charge in [0.2, 0.25) is 10.0 Å². The van der Waals surface area contributed by atoms with Gasteiger partial charge in [0.1, 0.15) is 0 Å². The Morgan fingerprint density at radius 3 is 2.33 bits per heavy atom. The fourth-order valence-corrected chi connectivity index (χ4v) is 3.23. The molecule has 5 nitrogen and oxygen atoms in total. The summed E-state index contributed by atoms with van der Waals surface area (Å²) in [4.78, 5) is 12.6. The Morgan fingerprint density at radius 1 is 1.04 bits per heavy atom. The molecule has 0 spiro atoms. The summed E-state index contributed by atoms with van der Waals surface area (Å²) >= 11 is 0. The zero-order valence-corrected chi connectivity index (χ0v) is 14.9. The van der Waals surface area contributed by atoms with E-state index in [1.54, 1.807) is 12.1 Å². The van der Waals surface area contributed by atoms with Crippen molar-refractivity contribution in [3.05, 3.63) is 65.7 Å². The molecule has 0 saturated carbocycles. The molecule has 0 atom stereocenters. The van der Waals surface area contributed by atoms with Crippen LogP contribution in [0, 0.1) is 0 Å². The summed E-state index contributed by atoms with van der Waals surface area (Å²) in [7, 11) is -2.24. The predicted octanol–water partition coefficient (Wildman–Crippen LogP) is 2.35. The predicted molar refractivity (Wildman–Crippen MR) is 94.4 cm³/mol. The van der Waals surface area contributed by atoms with Gasteiger partial charge in [0.05, 0.1) is 4.90 Å². The maximum absolute atomic E-state index is 12.5. The monoisotopic (exact) mass is 346 g/mol. The molecule has 2 aromatic carbocycles.